The van der Waals surface area contributed by atoms with Crippen molar-refractivity contribution in [2.45, 2.75) is 12.8 Å². The van der Waals surface area contributed by atoms with Crippen molar-refractivity contribution in [3.8, 4) is 44.5 Å². The van der Waals surface area contributed by atoms with E-state index in [2.05, 4.69) is 96.0 Å². The lowest BCUT2D eigenvalue weighted by molar-refractivity contribution is 1.24. The Labute approximate surface area is 188 Å². The van der Waals surface area contributed by atoms with Crippen LogP contribution in [0.15, 0.2) is 103 Å². The maximum Gasteiger partial charge on any atom is 0.0346 e. The minimum Gasteiger partial charge on any atom is -0.263 e. The van der Waals surface area contributed by atoms with E-state index in [9.17, 15) is 0 Å². The number of hydrogen-bond acceptors (Lipinski definition) is 1. The Hall–Kier alpha value is -3.97. The van der Waals surface area contributed by atoms with Crippen molar-refractivity contribution in [2.75, 3.05) is 0 Å². The zero-order chi connectivity index (χ0) is 21.1. The average Bonchev–Trinajstić information content (AvgIpc) is 3.42. The summed E-state index contributed by atoms with van der Waals surface area (Å²) in [6.45, 7) is 0. The Balaban J connectivity index is 1.35. The molecular formula is C31H21N. The van der Waals surface area contributed by atoms with Crippen LogP contribution in [0.4, 0.5) is 0 Å². The molecule has 0 saturated heterocycles. The van der Waals surface area contributed by atoms with Gasteiger partial charge in [0.1, 0.15) is 0 Å². The first-order valence-electron chi connectivity index (χ1n) is 11.2. The van der Waals surface area contributed by atoms with Crippen LogP contribution < -0.4 is 0 Å². The van der Waals surface area contributed by atoms with Crippen LogP contribution in [0.5, 0.6) is 0 Å². The van der Waals surface area contributed by atoms with E-state index in [1.54, 1.807) is 0 Å². The quantitative estimate of drug-likeness (QED) is 0.288. The average molecular weight is 408 g/mol. The molecule has 4 aromatic carbocycles. The summed E-state index contributed by atoms with van der Waals surface area (Å²) in [6, 6.07) is 33.2. The van der Waals surface area contributed by atoms with E-state index in [-0.39, 0.29) is 0 Å². The Morgan fingerprint density at radius 2 is 0.875 bits per heavy atom. The molecule has 0 spiro atoms. The van der Waals surface area contributed by atoms with Crippen molar-refractivity contribution in [1.29, 1.82) is 0 Å². The van der Waals surface area contributed by atoms with Crippen molar-refractivity contribution in [3.05, 3.63) is 126 Å². The third-order valence-corrected chi connectivity index (χ3v) is 7.06. The molecule has 0 amide bonds. The Morgan fingerprint density at radius 3 is 1.41 bits per heavy atom. The molecule has 2 aliphatic carbocycles. The van der Waals surface area contributed by atoms with Crippen LogP contribution in [0.1, 0.15) is 22.3 Å². The normalized spacial score (nSPS) is 12.8. The van der Waals surface area contributed by atoms with E-state index in [0.717, 1.165) is 12.8 Å². The third kappa shape index (κ3) is 2.55. The molecule has 0 radical (unpaired) electrons. The van der Waals surface area contributed by atoms with Crippen molar-refractivity contribution in [2.24, 2.45) is 0 Å². The molecule has 0 N–H and O–H groups in total. The van der Waals surface area contributed by atoms with Gasteiger partial charge in [0.05, 0.1) is 0 Å². The molecule has 150 valence electrons. The van der Waals surface area contributed by atoms with Crippen molar-refractivity contribution >= 4 is 0 Å². The van der Waals surface area contributed by atoms with Crippen LogP contribution in [0.3, 0.4) is 0 Å². The fraction of sp³-hybridized carbons (Fsp3) is 0.0645. The summed E-state index contributed by atoms with van der Waals surface area (Å²) in [5.74, 6) is 0. The second-order valence-corrected chi connectivity index (χ2v) is 8.79. The summed E-state index contributed by atoms with van der Waals surface area (Å²) < 4.78 is 0. The zero-order valence-electron chi connectivity index (χ0n) is 17.7. The summed E-state index contributed by atoms with van der Waals surface area (Å²) in [6.07, 6.45) is 6.00. The summed E-state index contributed by atoms with van der Waals surface area (Å²) in [7, 11) is 0. The van der Waals surface area contributed by atoms with Gasteiger partial charge in [0.15, 0.2) is 0 Å². The van der Waals surface area contributed by atoms with Gasteiger partial charge >= 0.3 is 0 Å². The lowest BCUT2D eigenvalue weighted by Gasteiger charge is -2.12. The van der Waals surface area contributed by atoms with Gasteiger partial charge in [-0.2, -0.15) is 0 Å². The molecule has 5 aromatic rings. The molecule has 7 rings (SSSR count). The van der Waals surface area contributed by atoms with Gasteiger partial charge in [-0.1, -0.05) is 84.9 Å². The topological polar surface area (TPSA) is 12.9 Å². The molecule has 32 heavy (non-hydrogen) atoms. The number of aromatic nitrogens is 1. The van der Waals surface area contributed by atoms with Gasteiger partial charge < -0.3 is 0 Å². The smallest absolute Gasteiger partial charge is 0.0346 e. The zero-order valence-corrected chi connectivity index (χ0v) is 17.7. The molecule has 0 atom stereocenters. The van der Waals surface area contributed by atoms with Gasteiger partial charge in [-0.15, -0.1) is 0 Å². The molecule has 1 heteroatoms. The molecule has 0 saturated carbocycles. The second-order valence-electron chi connectivity index (χ2n) is 8.79. The second kappa shape index (κ2) is 6.77. The highest BCUT2D eigenvalue weighted by Crippen LogP contribution is 2.44. The first-order chi connectivity index (χ1) is 15.9. The predicted molar refractivity (Wildman–Crippen MR) is 132 cm³/mol. The number of pyridine rings is 1. The summed E-state index contributed by atoms with van der Waals surface area (Å²) in [5.41, 5.74) is 16.1. The molecule has 1 nitrogen and oxygen atoms in total. The Morgan fingerprint density at radius 1 is 0.438 bits per heavy atom. The Kier molecular flexibility index (Phi) is 3.74. The highest BCUT2D eigenvalue weighted by Gasteiger charge is 2.23. The largest absolute Gasteiger partial charge is 0.263 e. The van der Waals surface area contributed by atoms with Gasteiger partial charge in [-0.05, 0) is 74.5 Å². The fourth-order valence-electron chi connectivity index (χ4n) is 5.59. The van der Waals surface area contributed by atoms with E-state index >= 15 is 0 Å². The van der Waals surface area contributed by atoms with E-state index in [4.69, 9.17) is 0 Å². The molecule has 2 aliphatic rings. The minimum atomic E-state index is 0.988. The third-order valence-electron chi connectivity index (χ3n) is 7.06. The monoisotopic (exact) mass is 407 g/mol. The lowest BCUT2D eigenvalue weighted by atomic mass is 9.93. The van der Waals surface area contributed by atoms with E-state index in [0.29, 0.717) is 0 Å². The van der Waals surface area contributed by atoms with Gasteiger partial charge in [0.25, 0.3) is 0 Å². The Bertz CT molecular complexity index is 1410. The SMILES string of the molecule is c1ccc2c(c1)Cc1c(-c3cncc(-c4cccc5c4Cc4ccccc4-5)c3)cccc1-2. The van der Waals surface area contributed by atoms with Gasteiger partial charge in [-0.25, -0.2) is 0 Å². The highest BCUT2D eigenvalue weighted by atomic mass is 14.6. The van der Waals surface area contributed by atoms with Crippen LogP contribution in [-0.4, -0.2) is 4.98 Å². The minimum absolute atomic E-state index is 0.988. The number of fused-ring (bicyclic) bond motifs is 6. The van der Waals surface area contributed by atoms with Gasteiger partial charge in [0.2, 0.25) is 0 Å². The summed E-state index contributed by atoms with van der Waals surface area (Å²) in [5, 5.41) is 0. The van der Waals surface area contributed by atoms with Crippen LogP contribution in [-0.2, 0) is 12.8 Å². The molecular weight excluding hydrogens is 386 g/mol. The number of nitrogens with zero attached hydrogens (tertiary/aromatic N) is 1. The molecule has 0 bridgehead atoms. The molecule has 0 fully saturated rings. The van der Waals surface area contributed by atoms with Crippen molar-refractivity contribution in [3.63, 3.8) is 0 Å². The van der Waals surface area contributed by atoms with Gasteiger partial charge in [0, 0.05) is 23.5 Å². The van der Waals surface area contributed by atoms with Crippen molar-refractivity contribution in [1.82, 2.24) is 4.98 Å². The molecule has 1 aromatic heterocycles. The lowest BCUT2D eigenvalue weighted by Crippen LogP contribution is -1.92. The molecule has 1 heterocycles. The van der Waals surface area contributed by atoms with E-state index in [1.165, 1.54) is 66.8 Å². The summed E-state index contributed by atoms with van der Waals surface area (Å²) in [4.78, 5) is 4.69. The summed E-state index contributed by atoms with van der Waals surface area (Å²) >= 11 is 0. The van der Waals surface area contributed by atoms with Crippen molar-refractivity contribution < 1.29 is 0 Å². The number of hydrogen-bond donors (Lipinski definition) is 0. The maximum absolute atomic E-state index is 4.69. The van der Waals surface area contributed by atoms with Crippen LogP contribution in [0, 0.1) is 0 Å². The van der Waals surface area contributed by atoms with Crippen LogP contribution in [0.2, 0.25) is 0 Å². The molecule has 0 unspecified atom stereocenters. The maximum atomic E-state index is 4.69. The highest BCUT2D eigenvalue weighted by molar-refractivity contribution is 5.88. The van der Waals surface area contributed by atoms with Crippen LogP contribution in [0.25, 0.3) is 44.5 Å². The molecule has 0 aliphatic heterocycles. The number of rotatable bonds is 2. The van der Waals surface area contributed by atoms with Gasteiger partial charge in [-0.3, -0.25) is 4.98 Å². The predicted octanol–water partition coefficient (Wildman–Crippen LogP) is 7.56. The first kappa shape index (κ1) is 17.7. The standard InChI is InChI=1S/C31H21N/c1-3-9-24-20(7-1)16-30-26(11-5-13-28(24)30)22-15-23(19-32-18-22)27-12-6-14-29-25-10-4-2-8-21(25)17-31(27)29/h1-15,18-19H,16-17H2. The first-order valence-corrected chi connectivity index (χ1v) is 11.2. The van der Waals surface area contributed by atoms with E-state index < -0.39 is 0 Å². The van der Waals surface area contributed by atoms with Crippen LogP contribution >= 0.6 is 0 Å². The van der Waals surface area contributed by atoms with E-state index in [1.807, 2.05) is 12.4 Å². The number of benzene rings is 4. The fourth-order valence-corrected chi connectivity index (χ4v) is 5.59.